The minimum atomic E-state index is -3.24. The number of H-pyrrole nitrogens is 2. The van der Waals surface area contributed by atoms with Crippen LogP contribution < -0.4 is 0 Å². The summed E-state index contributed by atoms with van der Waals surface area (Å²) in [5.41, 5.74) is 1.82. The maximum Gasteiger partial charge on any atom is 0.178 e. The molecular weight excluding hydrogens is 290 g/mol. The van der Waals surface area contributed by atoms with Crippen LogP contribution in [0.1, 0.15) is 30.1 Å². The molecule has 1 fully saturated rings. The molecule has 2 aromatic heterocycles. The summed E-state index contributed by atoms with van der Waals surface area (Å²) < 4.78 is 23.6. The van der Waals surface area contributed by atoms with Crippen LogP contribution in [0.25, 0.3) is 0 Å². The van der Waals surface area contributed by atoms with E-state index in [4.69, 9.17) is 0 Å². The van der Waals surface area contributed by atoms with Gasteiger partial charge in [0.05, 0.1) is 18.2 Å². The Hall–Kier alpha value is -1.67. The maximum absolute atomic E-state index is 11.8. The quantitative estimate of drug-likeness (QED) is 0.875. The topological polar surface area (TPSA) is 94.7 Å². The van der Waals surface area contributed by atoms with Crippen molar-refractivity contribution in [2.24, 2.45) is 0 Å². The summed E-state index contributed by atoms with van der Waals surface area (Å²) >= 11 is 0. The first kappa shape index (κ1) is 14.3. The molecule has 1 aliphatic heterocycles. The second-order valence-corrected chi connectivity index (χ2v) is 7.56. The highest BCUT2D eigenvalue weighted by Gasteiger charge is 2.27. The van der Waals surface area contributed by atoms with Gasteiger partial charge in [-0.15, -0.1) is 0 Å². The molecule has 2 aromatic rings. The van der Waals surface area contributed by atoms with Crippen LogP contribution in [0.5, 0.6) is 0 Å². The average molecular weight is 309 g/mol. The average Bonchev–Trinajstić information content (AvgIpc) is 3.08. The molecule has 0 spiro atoms. The van der Waals surface area contributed by atoms with E-state index in [1.807, 2.05) is 6.20 Å². The van der Waals surface area contributed by atoms with Gasteiger partial charge in [-0.2, -0.15) is 5.10 Å². The lowest BCUT2D eigenvalue weighted by Gasteiger charge is -2.32. The van der Waals surface area contributed by atoms with Gasteiger partial charge in [-0.25, -0.2) is 13.4 Å². The van der Waals surface area contributed by atoms with Crippen LogP contribution in [-0.2, 0) is 16.4 Å². The summed E-state index contributed by atoms with van der Waals surface area (Å²) in [6, 6.07) is 0. The molecule has 2 N–H and O–H groups in total. The van der Waals surface area contributed by atoms with Gasteiger partial charge >= 0.3 is 0 Å². The Morgan fingerprint density at radius 2 is 2.29 bits per heavy atom. The Morgan fingerprint density at radius 1 is 1.43 bits per heavy atom. The Bertz CT molecular complexity index is 692. The summed E-state index contributed by atoms with van der Waals surface area (Å²) in [5.74, 6) is 0.175. The standard InChI is InChI=1S/C13H19N5O2S/c1-21(19,20)12-6-16-17-13(12)10-3-2-4-18(7-10)8-11-5-14-9-15-11/h5-6,9-10H,2-4,7-8H2,1H3,(H,14,15)(H,16,17)/t10-/m0/s1. The molecule has 1 saturated heterocycles. The zero-order valence-corrected chi connectivity index (χ0v) is 12.7. The molecule has 0 aromatic carbocycles. The Labute approximate surface area is 123 Å². The van der Waals surface area contributed by atoms with Crippen LogP contribution in [-0.4, -0.2) is 52.8 Å². The molecule has 0 bridgehead atoms. The minimum absolute atomic E-state index is 0.175. The number of hydrogen-bond acceptors (Lipinski definition) is 5. The third kappa shape index (κ3) is 3.16. The van der Waals surface area contributed by atoms with Gasteiger partial charge in [0.25, 0.3) is 0 Å². The number of nitrogens with zero attached hydrogens (tertiary/aromatic N) is 3. The summed E-state index contributed by atoms with van der Waals surface area (Å²) in [6.45, 7) is 2.64. The fraction of sp³-hybridized carbons (Fsp3) is 0.538. The molecule has 0 aliphatic carbocycles. The van der Waals surface area contributed by atoms with E-state index in [0.717, 1.165) is 43.9 Å². The van der Waals surface area contributed by atoms with Gasteiger partial charge < -0.3 is 4.98 Å². The fourth-order valence-corrected chi connectivity index (χ4v) is 3.78. The number of imidazole rings is 1. The molecule has 3 rings (SSSR count). The van der Waals surface area contributed by atoms with Crippen molar-refractivity contribution in [3.05, 3.63) is 30.1 Å². The minimum Gasteiger partial charge on any atom is -0.347 e. The Balaban J connectivity index is 1.76. The van der Waals surface area contributed by atoms with Crippen LogP contribution in [0.2, 0.25) is 0 Å². The lowest BCUT2D eigenvalue weighted by Crippen LogP contribution is -2.34. The molecule has 1 atom stereocenters. The van der Waals surface area contributed by atoms with E-state index in [9.17, 15) is 8.42 Å². The number of hydrogen-bond donors (Lipinski definition) is 2. The van der Waals surface area contributed by atoms with Crippen LogP contribution in [0.15, 0.2) is 23.6 Å². The van der Waals surface area contributed by atoms with Crippen molar-refractivity contribution in [2.75, 3.05) is 19.3 Å². The predicted molar refractivity (Wildman–Crippen MR) is 77.5 cm³/mol. The van der Waals surface area contributed by atoms with Gasteiger partial charge in [0.15, 0.2) is 9.84 Å². The lowest BCUT2D eigenvalue weighted by molar-refractivity contribution is 0.195. The summed E-state index contributed by atoms with van der Waals surface area (Å²) in [6.07, 6.45) is 8.16. The van der Waals surface area contributed by atoms with Crippen molar-refractivity contribution >= 4 is 9.84 Å². The molecule has 21 heavy (non-hydrogen) atoms. The zero-order chi connectivity index (χ0) is 14.9. The van der Waals surface area contributed by atoms with Gasteiger partial charge in [-0.05, 0) is 19.4 Å². The van der Waals surface area contributed by atoms with Crippen molar-refractivity contribution in [3.8, 4) is 0 Å². The number of sulfone groups is 1. The first-order chi connectivity index (χ1) is 10.0. The van der Waals surface area contributed by atoms with Gasteiger partial charge in [-0.1, -0.05) is 0 Å². The molecule has 3 heterocycles. The lowest BCUT2D eigenvalue weighted by atomic mass is 9.95. The molecule has 0 unspecified atom stereocenters. The van der Waals surface area contributed by atoms with Gasteiger partial charge in [0, 0.05) is 37.2 Å². The Kier molecular flexibility index (Phi) is 3.81. The van der Waals surface area contributed by atoms with Crippen molar-refractivity contribution in [3.63, 3.8) is 0 Å². The number of aromatic amines is 2. The predicted octanol–water partition coefficient (Wildman–Crippen LogP) is 0.916. The Morgan fingerprint density at radius 3 is 3.00 bits per heavy atom. The third-order valence-corrected chi connectivity index (χ3v) is 5.02. The number of aromatic nitrogens is 4. The monoisotopic (exact) mass is 309 g/mol. The highest BCUT2D eigenvalue weighted by atomic mass is 32.2. The molecule has 7 nitrogen and oxygen atoms in total. The van der Waals surface area contributed by atoms with E-state index in [-0.39, 0.29) is 5.92 Å². The van der Waals surface area contributed by atoms with Crippen LogP contribution in [0.3, 0.4) is 0 Å². The number of likely N-dealkylation sites (tertiary alicyclic amines) is 1. The molecule has 0 radical (unpaired) electrons. The van der Waals surface area contributed by atoms with E-state index in [1.54, 1.807) is 6.33 Å². The van der Waals surface area contributed by atoms with Crippen LogP contribution in [0, 0.1) is 0 Å². The molecule has 8 heteroatoms. The zero-order valence-electron chi connectivity index (χ0n) is 11.9. The normalized spacial score (nSPS) is 20.7. The second kappa shape index (κ2) is 5.61. The number of rotatable bonds is 4. The summed E-state index contributed by atoms with van der Waals surface area (Å²) in [7, 11) is -3.24. The van der Waals surface area contributed by atoms with E-state index in [0.29, 0.717) is 4.90 Å². The highest BCUT2D eigenvalue weighted by molar-refractivity contribution is 7.90. The van der Waals surface area contributed by atoms with Gasteiger partial charge in [-0.3, -0.25) is 10.00 Å². The van der Waals surface area contributed by atoms with Crippen LogP contribution in [0.4, 0.5) is 0 Å². The largest absolute Gasteiger partial charge is 0.347 e. The van der Waals surface area contributed by atoms with Crippen molar-refractivity contribution in [1.82, 2.24) is 25.1 Å². The van der Waals surface area contributed by atoms with Crippen molar-refractivity contribution < 1.29 is 8.42 Å². The van der Waals surface area contributed by atoms with E-state index >= 15 is 0 Å². The first-order valence-electron chi connectivity index (χ1n) is 6.97. The van der Waals surface area contributed by atoms with E-state index in [2.05, 4.69) is 25.1 Å². The van der Waals surface area contributed by atoms with Crippen LogP contribution >= 0.6 is 0 Å². The summed E-state index contributed by atoms with van der Waals surface area (Å²) in [4.78, 5) is 9.77. The van der Waals surface area contributed by atoms with E-state index in [1.165, 1.54) is 12.5 Å². The van der Waals surface area contributed by atoms with Crippen molar-refractivity contribution in [1.29, 1.82) is 0 Å². The van der Waals surface area contributed by atoms with Gasteiger partial charge in [0.2, 0.25) is 0 Å². The number of nitrogens with one attached hydrogen (secondary N) is 2. The van der Waals surface area contributed by atoms with Crippen molar-refractivity contribution in [2.45, 2.75) is 30.2 Å². The highest BCUT2D eigenvalue weighted by Crippen LogP contribution is 2.30. The third-order valence-electron chi connectivity index (χ3n) is 3.89. The molecule has 0 saturated carbocycles. The molecule has 114 valence electrons. The molecule has 0 amide bonds. The molecular formula is C13H19N5O2S. The van der Waals surface area contributed by atoms with Gasteiger partial charge in [0.1, 0.15) is 4.90 Å². The molecule has 1 aliphatic rings. The smallest absolute Gasteiger partial charge is 0.178 e. The second-order valence-electron chi connectivity index (χ2n) is 5.57. The fourth-order valence-electron chi connectivity index (χ4n) is 2.92. The first-order valence-corrected chi connectivity index (χ1v) is 8.86. The summed E-state index contributed by atoms with van der Waals surface area (Å²) in [5, 5.41) is 6.81. The number of piperidine rings is 1. The SMILES string of the molecule is CS(=O)(=O)c1cn[nH]c1[C@H]1CCCN(Cc2cnc[nH]2)C1. The maximum atomic E-state index is 11.8. The van der Waals surface area contributed by atoms with E-state index < -0.39 is 9.84 Å².